The normalized spacial score (nSPS) is 36.1. The molecule has 0 saturated heterocycles. The summed E-state index contributed by atoms with van der Waals surface area (Å²) in [6.07, 6.45) is 4.48. The average Bonchev–Trinajstić information content (AvgIpc) is 1.98. The fourth-order valence-corrected chi connectivity index (χ4v) is 1.51. The molecule has 1 rings (SSSR count). The highest BCUT2D eigenvalue weighted by Gasteiger charge is 2.22. The zero-order chi connectivity index (χ0) is 8.27. The minimum atomic E-state index is -0.526. The third-order valence-electron chi connectivity index (χ3n) is 2.17. The Labute approximate surface area is 67.6 Å². The van der Waals surface area contributed by atoms with Crippen molar-refractivity contribution in [2.75, 3.05) is 0 Å². The lowest BCUT2D eigenvalue weighted by Crippen LogP contribution is -2.30. The molecule has 0 bridgehead atoms. The summed E-state index contributed by atoms with van der Waals surface area (Å²) < 4.78 is 0. The topological polar surface area (TPSA) is 40.5 Å². The van der Waals surface area contributed by atoms with Gasteiger partial charge in [-0.05, 0) is 25.7 Å². The van der Waals surface area contributed by atoms with E-state index in [1.54, 1.807) is 0 Å². The third-order valence-corrected chi connectivity index (χ3v) is 2.17. The summed E-state index contributed by atoms with van der Waals surface area (Å²) in [7, 11) is 0. The lowest BCUT2D eigenvalue weighted by molar-refractivity contribution is 0.00402. The van der Waals surface area contributed by atoms with Gasteiger partial charge in [0.05, 0.1) is 12.2 Å². The number of aliphatic hydroxyl groups is 2. The van der Waals surface area contributed by atoms with Crippen LogP contribution in [0.4, 0.5) is 0 Å². The maximum atomic E-state index is 9.28. The van der Waals surface area contributed by atoms with Gasteiger partial charge >= 0.3 is 0 Å². The summed E-state index contributed by atoms with van der Waals surface area (Å²) >= 11 is 0. The van der Waals surface area contributed by atoms with E-state index >= 15 is 0 Å². The average molecular weight is 156 g/mol. The molecule has 2 nitrogen and oxygen atoms in total. The van der Waals surface area contributed by atoms with E-state index < -0.39 is 12.2 Å². The number of hydrogen-bond donors (Lipinski definition) is 2. The van der Waals surface area contributed by atoms with Gasteiger partial charge in [-0.25, -0.2) is 0 Å². The van der Waals surface area contributed by atoms with Crippen LogP contribution in [0.15, 0.2) is 11.6 Å². The molecule has 64 valence electrons. The molecule has 0 aromatic carbocycles. The molecule has 0 aromatic heterocycles. The molecule has 0 spiro atoms. The van der Waals surface area contributed by atoms with E-state index in [2.05, 4.69) is 13.0 Å². The van der Waals surface area contributed by atoms with Gasteiger partial charge in [0, 0.05) is 0 Å². The Bertz CT molecular complexity index is 152. The molecule has 1 fully saturated rings. The van der Waals surface area contributed by atoms with E-state index in [4.69, 9.17) is 0 Å². The second-order valence-corrected chi connectivity index (χ2v) is 3.15. The highest BCUT2D eigenvalue weighted by atomic mass is 16.3. The van der Waals surface area contributed by atoms with Gasteiger partial charge in [-0.3, -0.25) is 0 Å². The van der Waals surface area contributed by atoms with Crippen molar-refractivity contribution in [1.82, 2.24) is 0 Å². The van der Waals surface area contributed by atoms with Crippen molar-refractivity contribution < 1.29 is 10.2 Å². The van der Waals surface area contributed by atoms with Crippen molar-refractivity contribution in [3.63, 3.8) is 0 Å². The molecule has 0 aromatic rings. The second-order valence-electron chi connectivity index (χ2n) is 3.15. The first-order valence-corrected chi connectivity index (χ1v) is 4.28. The van der Waals surface area contributed by atoms with Crippen molar-refractivity contribution in [2.45, 2.75) is 44.8 Å². The van der Waals surface area contributed by atoms with E-state index in [0.717, 1.165) is 12.8 Å². The molecule has 0 amide bonds. The fourth-order valence-electron chi connectivity index (χ4n) is 1.51. The van der Waals surface area contributed by atoms with Gasteiger partial charge < -0.3 is 10.2 Å². The molecule has 1 saturated carbocycles. The number of rotatable bonds is 1. The first-order valence-electron chi connectivity index (χ1n) is 4.28. The van der Waals surface area contributed by atoms with Crippen LogP contribution in [0.5, 0.6) is 0 Å². The van der Waals surface area contributed by atoms with Gasteiger partial charge in [-0.15, -0.1) is 0 Å². The molecule has 0 radical (unpaired) electrons. The van der Waals surface area contributed by atoms with Crippen molar-refractivity contribution in [3.8, 4) is 0 Å². The Hall–Kier alpha value is -0.340. The molecule has 1 unspecified atom stereocenters. The molecule has 11 heavy (non-hydrogen) atoms. The highest BCUT2D eigenvalue weighted by molar-refractivity contribution is 5.07. The van der Waals surface area contributed by atoms with E-state index in [9.17, 15) is 10.2 Å². The Morgan fingerprint density at radius 1 is 1.45 bits per heavy atom. The quantitative estimate of drug-likeness (QED) is 0.560. The van der Waals surface area contributed by atoms with Gasteiger partial charge in [0.15, 0.2) is 0 Å². The predicted molar refractivity (Wildman–Crippen MR) is 44.2 cm³/mol. The van der Waals surface area contributed by atoms with E-state index in [1.807, 2.05) is 0 Å². The Morgan fingerprint density at radius 3 is 2.73 bits per heavy atom. The first kappa shape index (κ1) is 8.75. The van der Waals surface area contributed by atoms with Gasteiger partial charge in [-0.2, -0.15) is 0 Å². The van der Waals surface area contributed by atoms with Crippen LogP contribution in [0.25, 0.3) is 0 Å². The van der Waals surface area contributed by atoms with Crippen molar-refractivity contribution in [1.29, 1.82) is 0 Å². The van der Waals surface area contributed by atoms with E-state index in [1.165, 1.54) is 5.57 Å². The monoisotopic (exact) mass is 156 g/mol. The standard InChI is InChI=1S/C9H16O2/c1-2-3-7-4-5-8(10)9(11)6-7/h3,8-11H,2,4-6H2,1H3/t8?,9-/m1/s1. The number of hydrogen-bond acceptors (Lipinski definition) is 2. The van der Waals surface area contributed by atoms with Crippen LogP contribution in [-0.4, -0.2) is 22.4 Å². The van der Waals surface area contributed by atoms with Gasteiger partial charge in [0.2, 0.25) is 0 Å². The Kier molecular flexibility index (Phi) is 3.09. The summed E-state index contributed by atoms with van der Waals surface area (Å²) in [6, 6.07) is 0. The van der Waals surface area contributed by atoms with Gasteiger partial charge in [0.1, 0.15) is 0 Å². The minimum absolute atomic E-state index is 0.496. The Morgan fingerprint density at radius 2 is 2.18 bits per heavy atom. The van der Waals surface area contributed by atoms with Crippen LogP contribution in [-0.2, 0) is 0 Å². The van der Waals surface area contributed by atoms with Crippen molar-refractivity contribution >= 4 is 0 Å². The van der Waals surface area contributed by atoms with Crippen molar-refractivity contribution in [2.24, 2.45) is 0 Å². The summed E-state index contributed by atoms with van der Waals surface area (Å²) in [5.74, 6) is 0. The summed E-state index contributed by atoms with van der Waals surface area (Å²) in [5.41, 5.74) is 1.30. The lowest BCUT2D eigenvalue weighted by Gasteiger charge is -2.25. The maximum absolute atomic E-state index is 9.28. The van der Waals surface area contributed by atoms with Gasteiger partial charge in [0.25, 0.3) is 0 Å². The summed E-state index contributed by atoms with van der Waals surface area (Å²) in [4.78, 5) is 0. The van der Waals surface area contributed by atoms with E-state index in [0.29, 0.717) is 12.8 Å². The van der Waals surface area contributed by atoms with E-state index in [-0.39, 0.29) is 0 Å². The fraction of sp³-hybridized carbons (Fsp3) is 0.778. The second kappa shape index (κ2) is 3.88. The van der Waals surface area contributed by atoms with Gasteiger partial charge in [-0.1, -0.05) is 18.6 Å². The molecule has 0 heterocycles. The zero-order valence-electron chi connectivity index (χ0n) is 6.95. The molecule has 2 atom stereocenters. The largest absolute Gasteiger partial charge is 0.390 e. The van der Waals surface area contributed by atoms with Crippen molar-refractivity contribution in [3.05, 3.63) is 11.6 Å². The molecular weight excluding hydrogens is 140 g/mol. The smallest absolute Gasteiger partial charge is 0.0836 e. The molecule has 2 heteroatoms. The van der Waals surface area contributed by atoms with Crippen LogP contribution < -0.4 is 0 Å². The van der Waals surface area contributed by atoms with Crippen LogP contribution in [0.3, 0.4) is 0 Å². The molecule has 2 N–H and O–H groups in total. The first-order chi connectivity index (χ1) is 5.24. The minimum Gasteiger partial charge on any atom is -0.390 e. The maximum Gasteiger partial charge on any atom is 0.0836 e. The SMILES string of the molecule is CCC=C1CCC(O)[C@H](O)C1. The highest BCUT2D eigenvalue weighted by Crippen LogP contribution is 2.23. The molecule has 0 aliphatic heterocycles. The van der Waals surface area contributed by atoms with Crippen LogP contribution in [0, 0.1) is 0 Å². The number of aliphatic hydroxyl groups excluding tert-OH is 2. The summed E-state index contributed by atoms with van der Waals surface area (Å²) in [5, 5.41) is 18.5. The third kappa shape index (κ3) is 2.31. The van der Waals surface area contributed by atoms with Crippen LogP contribution in [0.2, 0.25) is 0 Å². The lowest BCUT2D eigenvalue weighted by atomic mass is 9.90. The Balaban J connectivity index is 2.46. The molecular formula is C9H16O2. The summed E-state index contributed by atoms with van der Waals surface area (Å²) in [6.45, 7) is 2.09. The number of allylic oxidation sites excluding steroid dienone is 1. The zero-order valence-corrected chi connectivity index (χ0v) is 6.95. The molecule has 1 aliphatic carbocycles. The van der Waals surface area contributed by atoms with Crippen LogP contribution in [0.1, 0.15) is 32.6 Å². The predicted octanol–water partition coefficient (Wildman–Crippen LogP) is 1.23. The molecule has 1 aliphatic rings. The van der Waals surface area contributed by atoms with Crippen LogP contribution >= 0.6 is 0 Å².